The van der Waals surface area contributed by atoms with Crippen LogP contribution in [-0.2, 0) is 22.2 Å². The molecular formula is C48H47F2N5+2. The van der Waals surface area contributed by atoms with Crippen LogP contribution in [-0.4, -0.2) is 20.5 Å². The molecule has 7 aromatic rings. The molecule has 0 unspecified atom stereocenters. The zero-order valence-corrected chi connectivity index (χ0v) is 32.7. The van der Waals surface area contributed by atoms with Crippen molar-refractivity contribution in [2.45, 2.75) is 84.5 Å². The number of para-hydroxylation sites is 3. The minimum Gasteiger partial charge on any atom is -0.292 e. The van der Waals surface area contributed by atoms with Crippen molar-refractivity contribution >= 4 is 50.7 Å². The van der Waals surface area contributed by atoms with Crippen LogP contribution in [0.15, 0.2) is 121 Å². The van der Waals surface area contributed by atoms with Crippen LogP contribution < -0.4 is 9.15 Å². The highest BCUT2D eigenvalue weighted by atomic mass is 19.3. The van der Waals surface area contributed by atoms with Gasteiger partial charge in [-0.1, -0.05) is 105 Å². The normalized spacial score (nSPS) is 14.7. The molecule has 276 valence electrons. The van der Waals surface area contributed by atoms with Gasteiger partial charge in [0, 0.05) is 64.8 Å². The lowest BCUT2D eigenvalue weighted by Gasteiger charge is -2.23. The Kier molecular flexibility index (Phi) is 7.25. The standard InChI is InChI=1S/C48H47F2N5/c1-45(2,3)31-22-24-51-43(29-31)55-41-19-14-23-52-44(41)36-21-20-32(28-42(36)55)48(49,50)34-25-33(46(4,5)6)26-35(27-34)53-30-54(40-18-13-12-17-39(40)53)38-16-11-10-15-37(38)47(7,8)9/h10-29H,1-9H3/q+2/i12D,13D,17D,18D. The van der Waals surface area contributed by atoms with Crippen molar-refractivity contribution < 1.29 is 14.3 Å². The van der Waals surface area contributed by atoms with Gasteiger partial charge in [-0.3, -0.25) is 9.55 Å². The number of halogens is 2. The molecule has 0 aliphatic carbocycles. The lowest BCUT2D eigenvalue weighted by Crippen LogP contribution is -2.19. The summed E-state index contributed by atoms with van der Waals surface area (Å²) in [4.78, 5) is 9.36. The minimum atomic E-state index is -3.52. The van der Waals surface area contributed by atoms with Crippen LogP contribution in [0.25, 0.3) is 27.8 Å². The quantitative estimate of drug-likeness (QED) is 0.165. The number of hydrogen-bond acceptors (Lipinski definition) is 2. The summed E-state index contributed by atoms with van der Waals surface area (Å²) in [6, 6.07) is 26.7. The minimum absolute atomic E-state index is 0.128. The van der Waals surface area contributed by atoms with E-state index >= 15 is 8.78 Å². The zero-order chi connectivity index (χ0) is 42.6. The van der Waals surface area contributed by atoms with Crippen LogP contribution in [0.2, 0.25) is 0 Å². The third kappa shape index (κ3) is 6.27. The summed E-state index contributed by atoms with van der Waals surface area (Å²) in [5.74, 6) is -2.92. The molecule has 7 heteroatoms. The maximum absolute atomic E-state index is 17.5. The fourth-order valence-corrected chi connectivity index (χ4v) is 7.29. The smallest absolute Gasteiger partial charge is 0.292 e. The van der Waals surface area contributed by atoms with E-state index < -0.39 is 23.4 Å². The highest BCUT2D eigenvalue weighted by molar-refractivity contribution is 6.07. The SMILES string of the molecule is [2H]c1c([2H])c([2H])c2c(c1[2H])[N+](c1cc(C(C)(C)C)cc(C(F)(F)c3ccc4c5ncccc5n(-c5cc(C(C)(C)C)ccn5)c4c3)c1)=C=[N+]2c1ccccc1C(C)(C)C. The predicted octanol–water partition coefficient (Wildman–Crippen LogP) is 12.5. The van der Waals surface area contributed by atoms with E-state index in [1.165, 1.54) is 28.8 Å². The number of benzene rings is 4. The average Bonchev–Trinajstić information content (AvgIpc) is 3.75. The summed E-state index contributed by atoms with van der Waals surface area (Å²) in [5, 5.41) is 0.717. The molecule has 0 fully saturated rings. The Labute approximate surface area is 327 Å². The maximum atomic E-state index is 17.5. The predicted molar refractivity (Wildman–Crippen MR) is 223 cm³/mol. The van der Waals surface area contributed by atoms with Crippen LogP contribution in [0.3, 0.4) is 0 Å². The van der Waals surface area contributed by atoms with Gasteiger partial charge >= 0.3 is 6.01 Å². The molecule has 0 radical (unpaired) electrons. The number of nitrogens with zero attached hydrogens (tertiary/aromatic N) is 5. The molecule has 0 spiro atoms. The van der Waals surface area contributed by atoms with Crippen molar-refractivity contribution in [2.75, 3.05) is 0 Å². The Morgan fingerprint density at radius 3 is 2.00 bits per heavy atom. The molecule has 4 heterocycles. The average molecular weight is 736 g/mol. The second kappa shape index (κ2) is 12.6. The molecule has 1 aliphatic rings. The lowest BCUT2D eigenvalue weighted by atomic mass is 9.84. The highest BCUT2D eigenvalue weighted by Crippen LogP contribution is 2.44. The van der Waals surface area contributed by atoms with Crippen LogP contribution >= 0.6 is 0 Å². The summed E-state index contributed by atoms with van der Waals surface area (Å²) in [7, 11) is 0. The summed E-state index contributed by atoms with van der Waals surface area (Å²) in [5.41, 5.74) is 4.25. The molecule has 3 aromatic heterocycles. The molecule has 0 saturated heterocycles. The molecular weight excluding hydrogens is 685 g/mol. The van der Waals surface area contributed by atoms with E-state index in [0.717, 1.165) is 22.0 Å². The largest absolute Gasteiger partial charge is 0.503 e. The third-order valence-corrected chi connectivity index (χ3v) is 10.4. The monoisotopic (exact) mass is 735 g/mol. The van der Waals surface area contributed by atoms with E-state index in [4.69, 9.17) is 10.5 Å². The molecule has 0 amide bonds. The van der Waals surface area contributed by atoms with Crippen molar-refractivity contribution in [3.63, 3.8) is 0 Å². The number of fused-ring (bicyclic) bond motifs is 4. The van der Waals surface area contributed by atoms with Gasteiger partial charge in [-0.25, -0.2) is 4.98 Å². The van der Waals surface area contributed by atoms with Gasteiger partial charge in [0.05, 0.1) is 22.0 Å². The van der Waals surface area contributed by atoms with Crippen molar-refractivity contribution in [1.82, 2.24) is 23.7 Å². The molecule has 55 heavy (non-hydrogen) atoms. The molecule has 0 bridgehead atoms. The topological polar surface area (TPSA) is 36.7 Å². The first-order valence-electron chi connectivity index (χ1n) is 20.6. The van der Waals surface area contributed by atoms with Crippen molar-refractivity contribution in [2.24, 2.45) is 0 Å². The summed E-state index contributed by atoms with van der Waals surface area (Å²) < 4.78 is 75.5. The summed E-state index contributed by atoms with van der Waals surface area (Å²) in [6.07, 6.45) is 3.44. The number of alkyl halides is 2. The van der Waals surface area contributed by atoms with Gasteiger partial charge in [0.15, 0.2) is 0 Å². The van der Waals surface area contributed by atoms with E-state index in [1.807, 2.05) is 73.9 Å². The van der Waals surface area contributed by atoms with Crippen molar-refractivity contribution in [1.29, 1.82) is 0 Å². The van der Waals surface area contributed by atoms with Gasteiger partial charge in [-0.05, 0) is 72.9 Å². The van der Waals surface area contributed by atoms with Gasteiger partial charge in [-0.2, -0.15) is 8.78 Å². The Morgan fingerprint density at radius 2 is 1.29 bits per heavy atom. The Hall–Kier alpha value is -5.78. The number of pyridine rings is 2. The van der Waals surface area contributed by atoms with Crippen LogP contribution in [0.4, 0.5) is 31.5 Å². The van der Waals surface area contributed by atoms with Gasteiger partial charge in [0.1, 0.15) is 5.82 Å². The van der Waals surface area contributed by atoms with E-state index in [0.29, 0.717) is 28.1 Å². The first-order valence-corrected chi connectivity index (χ1v) is 18.6. The fraction of sp³-hybridized carbons (Fsp3) is 0.271. The molecule has 8 rings (SSSR count). The maximum Gasteiger partial charge on any atom is 0.503 e. The van der Waals surface area contributed by atoms with Gasteiger partial charge in [0.2, 0.25) is 11.4 Å². The highest BCUT2D eigenvalue weighted by Gasteiger charge is 2.42. The van der Waals surface area contributed by atoms with Crippen molar-refractivity contribution in [3.8, 4) is 5.82 Å². The molecule has 0 atom stereocenters. The summed E-state index contributed by atoms with van der Waals surface area (Å²) >= 11 is 0. The first-order chi connectivity index (χ1) is 27.6. The molecule has 0 N–H and O–H groups in total. The number of aromatic nitrogens is 3. The summed E-state index contributed by atoms with van der Waals surface area (Å²) in [6.45, 7) is 18.4. The van der Waals surface area contributed by atoms with E-state index in [-0.39, 0.29) is 51.1 Å². The first kappa shape index (κ1) is 31.6. The van der Waals surface area contributed by atoms with Crippen LogP contribution in [0.1, 0.15) is 95.6 Å². The number of rotatable bonds is 5. The zero-order valence-electron chi connectivity index (χ0n) is 36.7. The van der Waals surface area contributed by atoms with E-state index in [2.05, 4.69) is 52.5 Å². The lowest BCUT2D eigenvalue weighted by molar-refractivity contribution is 0.0428. The Balaban J connectivity index is 1.38. The Morgan fingerprint density at radius 1 is 0.600 bits per heavy atom. The third-order valence-electron chi connectivity index (χ3n) is 10.4. The van der Waals surface area contributed by atoms with E-state index in [1.54, 1.807) is 29.1 Å². The van der Waals surface area contributed by atoms with Crippen LogP contribution in [0.5, 0.6) is 0 Å². The van der Waals surface area contributed by atoms with Crippen LogP contribution in [0, 0.1) is 0 Å². The molecule has 4 aromatic carbocycles. The Bertz CT molecular complexity index is 2960. The number of hydrogen-bond donors (Lipinski definition) is 0. The van der Waals surface area contributed by atoms with Gasteiger partial charge in [-0.15, -0.1) is 0 Å². The molecule has 5 nitrogen and oxygen atoms in total. The van der Waals surface area contributed by atoms with E-state index in [9.17, 15) is 0 Å². The molecule has 0 saturated carbocycles. The van der Waals surface area contributed by atoms with Gasteiger partial charge in [0.25, 0.3) is 17.3 Å². The van der Waals surface area contributed by atoms with Gasteiger partial charge < -0.3 is 0 Å². The fourth-order valence-electron chi connectivity index (χ4n) is 7.29. The van der Waals surface area contributed by atoms with Crippen molar-refractivity contribution in [3.05, 3.63) is 149 Å². The molecule has 1 aliphatic heterocycles. The second-order valence-electron chi connectivity index (χ2n) is 17.4. The second-order valence-corrected chi connectivity index (χ2v) is 17.4.